The SMILES string of the molecule is COC1=NCCN(C(=O)OC(C)(C)C)C1. The fourth-order valence-electron chi connectivity index (χ4n) is 1.20. The summed E-state index contributed by atoms with van der Waals surface area (Å²) in [6, 6.07) is 0. The monoisotopic (exact) mass is 214 g/mol. The van der Waals surface area contributed by atoms with Crippen LogP contribution in [0.15, 0.2) is 4.99 Å². The number of carbonyl (C=O) groups excluding carboxylic acids is 1. The molecule has 5 heteroatoms. The molecule has 0 saturated carbocycles. The second-order valence-electron chi connectivity index (χ2n) is 4.38. The maximum absolute atomic E-state index is 11.7. The molecule has 1 amide bonds. The van der Waals surface area contributed by atoms with Gasteiger partial charge in [-0.2, -0.15) is 0 Å². The van der Waals surface area contributed by atoms with Gasteiger partial charge in [-0.25, -0.2) is 4.79 Å². The van der Waals surface area contributed by atoms with Crippen molar-refractivity contribution in [3.05, 3.63) is 0 Å². The summed E-state index contributed by atoms with van der Waals surface area (Å²) in [5.41, 5.74) is -0.459. The van der Waals surface area contributed by atoms with E-state index in [0.717, 1.165) is 0 Å². The first-order chi connectivity index (χ1) is 6.92. The van der Waals surface area contributed by atoms with Gasteiger partial charge in [0.1, 0.15) is 5.60 Å². The topological polar surface area (TPSA) is 51.1 Å². The van der Waals surface area contributed by atoms with E-state index in [2.05, 4.69) is 4.99 Å². The zero-order valence-electron chi connectivity index (χ0n) is 9.74. The van der Waals surface area contributed by atoms with Crippen LogP contribution in [-0.2, 0) is 9.47 Å². The van der Waals surface area contributed by atoms with Crippen LogP contribution < -0.4 is 0 Å². The molecule has 15 heavy (non-hydrogen) atoms. The molecule has 0 spiro atoms. The van der Waals surface area contributed by atoms with Crippen molar-refractivity contribution in [3.8, 4) is 0 Å². The quantitative estimate of drug-likeness (QED) is 0.610. The van der Waals surface area contributed by atoms with Crippen molar-refractivity contribution in [2.75, 3.05) is 26.7 Å². The van der Waals surface area contributed by atoms with Gasteiger partial charge in [0.15, 0.2) is 0 Å². The van der Waals surface area contributed by atoms with E-state index in [4.69, 9.17) is 9.47 Å². The van der Waals surface area contributed by atoms with Crippen LogP contribution >= 0.6 is 0 Å². The van der Waals surface area contributed by atoms with Crippen LogP contribution in [0.1, 0.15) is 20.8 Å². The van der Waals surface area contributed by atoms with Gasteiger partial charge in [0.2, 0.25) is 5.90 Å². The van der Waals surface area contributed by atoms with Gasteiger partial charge in [-0.05, 0) is 20.8 Å². The summed E-state index contributed by atoms with van der Waals surface area (Å²) in [5, 5.41) is 0. The third kappa shape index (κ3) is 3.77. The highest BCUT2D eigenvalue weighted by Gasteiger charge is 2.25. The number of hydrogen-bond acceptors (Lipinski definition) is 4. The standard InChI is InChI=1S/C10H18N2O3/c1-10(2,3)15-9(13)12-6-5-11-8(7-12)14-4/h5-7H2,1-4H3. The van der Waals surface area contributed by atoms with Crippen LogP contribution in [0, 0.1) is 0 Å². The van der Waals surface area contributed by atoms with Gasteiger partial charge in [0.25, 0.3) is 0 Å². The van der Waals surface area contributed by atoms with Crippen molar-refractivity contribution in [2.24, 2.45) is 4.99 Å². The Balaban J connectivity index is 2.52. The van der Waals surface area contributed by atoms with Crippen LogP contribution in [0.4, 0.5) is 4.79 Å². The molecular formula is C10H18N2O3. The van der Waals surface area contributed by atoms with Gasteiger partial charge >= 0.3 is 6.09 Å². The molecule has 1 rings (SSSR count). The smallest absolute Gasteiger partial charge is 0.410 e. The summed E-state index contributed by atoms with van der Waals surface area (Å²) in [6.45, 7) is 7.09. The average molecular weight is 214 g/mol. The van der Waals surface area contributed by atoms with Crippen LogP contribution in [0.5, 0.6) is 0 Å². The van der Waals surface area contributed by atoms with Crippen LogP contribution in [0.25, 0.3) is 0 Å². The molecule has 0 radical (unpaired) electrons. The lowest BCUT2D eigenvalue weighted by atomic mass is 10.2. The number of rotatable bonds is 0. The average Bonchev–Trinajstić information content (AvgIpc) is 2.15. The Morgan fingerprint density at radius 3 is 2.67 bits per heavy atom. The predicted molar refractivity (Wildman–Crippen MR) is 57.1 cm³/mol. The fraction of sp³-hybridized carbons (Fsp3) is 0.800. The highest BCUT2D eigenvalue weighted by molar-refractivity contribution is 5.83. The maximum atomic E-state index is 11.7. The minimum Gasteiger partial charge on any atom is -0.483 e. The van der Waals surface area contributed by atoms with Crippen LogP contribution in [0.3, 0.4) is 0 Å². The molecule has 0 aromatic carbocycles. The third-order valence-electron chi connectivity index (χ3n) is 1.87. The van der Waals surface area contributed by atoms with Gasteiger partial charge in [-0.3, -0.25) is 9.89 Å². The lowest BCUT2D eigenvalue weighted by Gasteiger charge is -2.29. The van der Waals surface area contributed by atoms with E-state index in [1.807, 2.05) is 20.8 Å². The normalized spacial score (nSPS) is 17.1. The van der Waals surface area contributed by atoms with Crippen molar-refractivity contribution in [2.45, 2.75) is 26.4 Å². The minimum atomic E-state index is -0.459. The molecule has 0 aliphatic carbocycles. The van der Waals surface area contributed by atoms with E-state index in [-0.39, 0.29) is 6.09 Å². The fourth-order valence-corrected chi connectivity index (χ4v) is 1.20. The summed E-state index contributed by atoms with van der Waals surface area (Å²) >= 11 is 0. The molecule has 0 saturated heterocycles. The number of amides is 1. The summed E-state index contributed by atoms with van der Waals surface area (Å²) in [7, 11) is 1.55. The zero-order chi connectivity index (χ0) is 11.5. The first-order valence-corrected chi connectivity index (χ1v) is 4.97. The maximum Gasteiger partial charge on any atom is 0.410 e. The zero-order valence-corrected chi connectivity index (χ0v) is 9.74. The summed E-state index contributed by atoms with van der Waals surface area (Å²) < 4.78 is 10.2. The van der Waals surface area contributed by atoms with E-state index in [0.29, 0.717) is 25.5 Å². The molecule has 1 aliphatic rings. The van der Waals surface area contributed by atoms with Gasteiger partial charge in [-0.1, -0.05) is 0 Å². The van der Waals surface area contributed by atoms with E-state index >= 15 is 0 Å². The molecule has 0 bridgehead atoms. The van der Waals surface area contributed by atoms with Crippen molar-refractivity contribution in [1.82, 2.24) is 4.90 Å². The lowest BCUT2D eigenvalue weighted by Crippen LogP contribution is -2.43. The minimum absolute atomic E-state index is 0.313. The number of aliphatic imine (C=N–C) groups is 1. The third-order valence-corrected chi connectivity index (χ3v) is 1.87. The molecular weight excluding hydrogens is 196 g/mol. The Kier molecular flexibility index (Phi) is 3.55. The van der Waals surface area contributed by atoms with Crippen molar-refractivity contribution < 1.29 is 14.3 Å². The Morgan fingerprint density at radius 2 is 2.13 bits per heavy atom. The molecule has 0 atom stereocenters. The van der Waals surface area contributed by atoms with Gasteiger partial charge in [-0.15, -0.1) is 0 Å². The molecule has 0 unspecified atom stereocenters. The highest BCUT2D eigenvalue weighted by atomic mass is 16.6. The Bertz CT molecular complexity index is 268. The summed E-state index contributed by atoms with van der Waals surface area (Å²) in [4.78, 5) is 17.4. The molecule has 0 fully saturated rings. The number of carbonyl (C=O) groups is 1. The Hall–Kier alpha value is -1.26. The molecule has 0 N–H and O–H groups in total. The second-order valence-corrected chi connectivity index (χ2v) is 4.38. The molecule has 0 aromatic rings. The van der Waals surface area contributed by atoms with Crippen molar-refractivity contribution in [1.29, 1.82) is 0 Å². The lowest BCUT2D eigenvalue weighted by molar-refractivity contribution is 0.0267. The summed E-state index contributed by atoms with van der Waals surface area (Å²) in [5.74, 6) is 0.576. The predicted octanol–water partition coefficient (Wildman–Crippen LogP) is 1.28. The van der Waals surface area contributed by atoms with Crippen molar-refractivity contribution in [3.63, 3.8) is 0 Å². The highest BCUT2D eigenvalue weighted by Crippen LogP contribution is 2.11. The van der Waals surface area contributed by atoms with E-state index in [9.17, 15) is 4.79 Å². The molecule has 5 nitrogen and oxygen atoms in total. The number of nitrogens with zero attached hydrogens (tertiary/aromatic N) is 2. The first kappa shape index (κ1) is 11.8. The van der Waals surface area contributed by atoms with E-state index < -0.39 is 5.60 Å². The Morgan fingerprint density at radius 1 is 1.47 bits per heavy atom. The van der Waals surface area contributed by atoms with E-state index in [1.165, 1.54) is 0 Å². The van der Waals surface area contributed by atoms with Crippen molar-refractivity contribution >= 4 is 12.0 Å². The van der Waals surface area contributed by atoms with E-state index in [1.54, 1.807) is 12.0 Å². The van der Waals surface area contributed by atoms with Crippen LogP contribution in [-0.4, -0.2) is 49.2 Å². The largest absolute Gasteiger partial charge is 0.483 e. The Labute approximate surface area is 90.1 Å². The first-order valence-electron chi connectivity index (χ1n) is 4.97. The van der Waals surface area contributed by atoms with Crippen LogP contribution in [0.2, 0.25) is 0 Å². The number of hydrogen-bond donors (Lipinski definition) is 0. The molecule has 1 heterocycles. The molecule has 1 aliphatic heterocycles. The number of ether oxygens (including phenoxy) is 2. The van der Waals surface area contributed by atoms with Gasteiger partial charge < -0.3 is 9.47 Å². The van der Waals surface area contributed by atoms with Gasteiger partial charge in [0.05, 0.1) is 20.2 Å². The second kappa shape index (κ2) is 4.51. The summed E-state index contributed by atoms with van der Waals surface area (Å²) in [6.07, 6.45) is -0.313. The molecule has 0 aromatic heterocycles. The van der Waals surface area contributed by atoms with Gasteiger partial charge in [0, 0.05) is 6.54 Å². The number of methoxy groups -OCH3 is 1. The molecule has 86 valence electrons.